The maximum Gasteiger partial charge on any atom is 0.250 e. The summed E-state index contributed by atoms with van der Waals surface area (Å²) in [6.07, 6.45) is 7.10. The van der Waals surface area contributed by atoms with Crippen LogP contribution in [0.1, 0.15) is 59.6 Å². The number of ether oxygens (including phenoxy) is 1. The van der Waals surface area contributed by atoms with E-state index in [0.29, 0.717) is 41.9 Å². The van der Waals surface area contributed by atoms with Crippen LogP contribution in [0.15, 0.2) is 36.7 Å². The van der Waals surface area contributed by atoms with E-state index >= 15 is 0 Å². The number of halogens is 1. The van der Waals surface area contributed by atoms with Crippen molar-refractivity contribution in [1.82, 2.24) is 10.0 Å². The molecule has 33 heavy (non-hydrogen) atoms. The van der Waals surface area contributed by atoms with E-state index in [1.54, 1.807) is 30.5 Å². The Balaban J connectivity index is 1.31. The standard InChI is InChI=1S/C24H25ClN4O4/c25-21-6-5-19(10-20(21)23(27)30)32-14-15-1-3-17(4-2-15)24(31)29-22(7-8-33-29)18-9-16(11-26)12-28-13-18/h5-6,9-10,12-13,15,17,22H,1-4,7-8,14H2,(H2,27,30)/t15-,17-,22-/m0/s1. The number of rotatable bonds is 6. The molecule has 2 heterocycles. The second kappa shape index (κ2) is 10.2. The Labute approximate surface area is 197 Å². The van der Waals surface area contributed by atoms with E-state index in [1.807, 2.05) is 0 Å². The Morgan fingerprint density at radius 1 is 1.21 bits per heavy atom. The van der Waals surface area contributed by atoms with Crippen molar-refractivity contribution in [2.75, 3.05) is 13.2 Å². The third kappa shape index (κ3) is 5.27. The molecule has 1 aliphatic heterocycles. The zero-order valence-corrected chi connectivity index (χ0v) is 18.8. The lowest BCUT2D eigenvalue weighted by Gasteiger charge is -2.31. The highest BCUT2D eigenvalue weighted by molar-refractivity contribution is 6.33. The Hall–Kier alpha value is -3.15. The molecule has 8 nitrogen and oxygen atoms in total. The van der Waals surface area contributed by atoms with Gasteiger partial charge in [-0.05, 0) is 61.4 Å². The van der Waals surface area contributed by atoms with Crippen molar-refractivity contribution in [3.05, 3.63) is 58.4 Å². The molecule has 1 aromatic heterocycles. The number of nitrogens with two attached hydrogens (primary N) is 1. The van der Waals surface area contributed by atoms with Gasteiger partial charge in [-0.25, -0.2) is 5.06 Å². The van der Waals surface area contributed by atoms with Crippen molar-refractivity contribution in [3.63, 3.8) is 0 Å². The van der Waals surface area contributed by atoms with Gasteiger partial charge in [0.05, 0.1) is 35.4 Å². The molecule has 0 bridgehead atoms. The molecule has 1 saturated carbocycles. The largest absolute Gasteiger partial charge is 0.493 e. The van der Waals surface area contributed by atoms with E-state index in [2.05, 4.69) is 11.1 Å². The van der Waals surface area contributed by atoms with Gasteiger partial charge in [0.1, 0.15) is 11.8 Å². The fraction of sp³-hybridized carbons (Fsp3) is 0.417. The molecule has 0 unspecified atom stereocenters. The molecule has 2 aromatic rings. The first-order valence-electron chi connectivity index (χ1n) is 11.0. The molecule has 0 spiro atoms. The number of primary amides is 1. The predicted octanol–water partition coefficient (Wildman–Crippen LogP) is 3.80. The van der Waals surface area contributed by atoms with E-state index in [9.17, 15) is 9.59 Å². The molecule has 1 atom stereocenters. The van der Waals surface area contributed by atoms with E-state index in [1.165, 1.54) is 11.3 Å². The number of pyridine rings is 1. The molecule has 4 rings (SSSR count). The summed E-state index contributed by atoms with van der Waals surface area (Å²) in [6, 6.07) is 8.50. The van der Waals surface area contributed by atoms with Gasteiger partial charge in [-0.1, -0.05) is 11.6 Å². The molecule has 1 aromatic carbocycles. The second-order valence-corrected chi connectivity index (χ2v) is 8.86. The first-order valence-corrected chi connectivity index (χ1v) is 11.4. The third-order valence-corrected chi connectivity index (χ3v) is 6.61. The molecular weight excluding hydrogens is 444 g/mol. The van der Waals surface area contributed by atoms with Crippen LogP contribution in [0.2, 0.25) is 5.02 Å². The molecule has 1 saturated heterocycles. The summed E-state index contributed by atoms with van der Waals surface area (Å²) >= 11 is 5.98. The molecular formula is C24H25ClN4O4. The Bertz CT molecular complexity index is 1080. The number of nitriles is 1. The third-order valence-electron chi connectivity index (χ3n) is 6.28. The van der Waals surface area contributed by atoms with E-state index < -0.39 is 5.91 Å². The van der Waals surface area contributed by atoms with Crippen molar-refractivity contribution < 1.29 is 19.2 Å². The van der Waals surface area contributed by atoms with Gasteiger partial charge in [0, 0.05) is 24.7 Å². The van der Waals surface area contributed by atoms with Crippen molar-refractivity contribution >= 4 is 23.4 Å². The van der Waals surface area contributed by atoms with Crippen molar-refractivity contribution in [2.45, 2.75) is 38.1 Å². The van der Waals surface area contributed by atoms with Crippen molar-refractivity contribution in [3.8, 4) is 11.8 Å². The monoisotopic (exact) mass is 468 g/mol. The second-order valence-electron chi connectivity index (χ2n) is 8.46. The van der Waals surface area contributed by atoms with Crippen LogP contribution in [0.5, 0.6) is 5.75 Å². The maximum absolute atomic E-state index is 13.2. The van der Waals surface area contributed by atoms with Crippen LogP contribution in [0, 0.1) is 23.2 Å². The number of carbonyl (C=O) groups excluding carboxylic acids is 2. The number of hydrogen-bond donors (Lipinski definition) is 1. The Morgan fingerprint density at radius 2 is 2.00 bits per heavy atom. The maximum atomic E-state index is 13.2. The summed E-state index contributed by atoms with van der Waals surface area (Å²) < 4.78 is 5.86. The lowest BCUT2D eigenvalue weighted by Crippen LogP contribution is -2.37. The molecule has 9 heteroatoms. The van der Waals surface area contributed by atoms with Crippen LogP contribution < -0.4 is 10.5 Å². The zero-order chi connectivity index (χ0) is 23.4. The van der Waals surface area contributed by atoms with Crippen LogP contribution in [0.4, 0.5) is 0 Å². The molecule has 0 radical (unpaired) electrons. The first-order chi connectivity index (χ1) is 16.0. The Kier molecular flexibility index (Phi) is 7.11. The summed E-state index contributed by atoms with van der Waals surface area (Å²) in [5, 5.41) is 10.9. The number of aromatic nitrogens is 1. The number of hydrogen-bond acceptors (Lipinski definition) is 6. The Morgan fingerprint density at radius 3 is 2.73 bits per heavy atom. The van der Waals surface area contributed by atoms with Crippen molar-refractivity contribution in [2.24, 2.45) is 17.6 Å². The normalized spacial score (nSPS) is 22.5. The summed E-state index contributed by atoms with van der Waals surface area (Å²) in [5.41, 5.74) is 6.86. The number of hydroxylamine groups is 2. The van der Waals surface area contributed by atoms with Gasteiger partial charge in [0.25, 0.3) is 0 Å². The number of carbonyl (C=O) groups is 2. The van der Waals surface area contributed by atoms with Gasteiger partial charge in [-0.2, -0.15) is 5.26 Å². The minimum atomic E-state index is -0.595. The molecule has 1 aliphatic carbocycles. The van der Waals surface area contributed by atoms with Gasteiger partial charge < -0.3 is 10.5 Å². The SMILES string of the molecule is N#Cc1cncc([C@@H]2CCON2C(=O)[C@H]2CC[C@H](COc3ccc(Cl)c(C(N)=O)c3)CC2)c1. The first kappa shape index (κ1) is 23.0. The fourth-order valence-electron chi connectivity index (χ4n) is 4.44. The quantitative estimate of drug-likeness (QED) is 0.688. The van der Waals surface area contributed by atoms with Crippen LogP contribution >= 0.6 is 11.6 Å². The summed E-state index contributed by atoms with van der Waals surface area (Å²) in [4.78, 5) is 34.4. The minimum absolute atomic E-state index is 0.0111. The lowest BCUT2D eigenvalue weighted by atomic mass is 9.81. The lowest BCUT2D eigenvalue weighted by molar-refractivity contribution is -0.183. The number of amides is 2. The highest BCUT2D eigenvalue weighted by atomic mass is 35.5. The highest BCUT2D eigenvalue weighted by Gasteiger charge is 2.37. The topological polar surface area (TPSA) is 119 Å². The summed E-state index contributed by atoms with van der Waals surface area (Å²) in [6.45, 7) is 0.959. The summed E-state index contributed by atoms with van der Waals surface area (Å²) in [5.74, 6) is 0.150. The highest BCUT2D eigenvalue weighted by Crippen LogP contribution is 2.36. The van der Waals surface area contributed by atoms with Gasteiger partial charge in [-0.15, -0.1) is 0 Å². The van der Waals surface area contributed by atoms with E-state index in [0.717, 1.165) is 31.2 Å². The van der Waals surface area contributed by atoms with Crippen molar-refractivity contribution in [1.29, 1.82) is 5.26 Å². The molecule has 2 amide bonds. The van der Waals surface area contributed by atoms with Crippen LogP contribution in [0.25, 0.3) is 0 Å². The van der Waals surface area contributed by atoms with Crippen LogP contribution in [-0.4, -0.2) is 35.1 Å². The molecule has 2 aliphatic rings. The average Bonchev–Trinajstić information content (AvgIpc) is 3.33. The van der Waals surface area contributed by atoms with Crippen LogP contribution in [-0.2, 0) is 9.63 Å². The molecule has 2 fully saturated rings. The fourth-order valence-corrected chi connectivity index (χ4v) is 4.65. The van der Waals surface area contributed by atoms with Gasteiger partial charge >= 0.3 is 0 Å². The summed E-state index contributed by atoms with van der Waals surface area (Å²) in [7, 11) is 0. The van der Waals surface area contributed by atoms with Crippen LogP contribution in [0.3, 0.4) is 0 Å². The zero-order valence-electron chi connectivity index (χ0n) is 18.1. The van der Waals surface area contributed by atoms with Gasteiger partial charge in [-0.3, -0.25) is 19.4 Å². The molecule has 2 N–H and O–H groups in total. The predicted molar refractivity (Wildman–Crippen MR) is 120 cm³/mol. The molecule has 172 valence electrons. The van der Waals surface area contributed by atoms with Gasteiger partial charge in [0.2, 0.25) is 11.8 Å². The van der Waals surface area contributed by atoms with E-state index in [4.69, 9.17) is 32.2 Å². The van der Waals surface area contributed by atoms with Gasteiger partial charge in [0.15, 0.2) is 0 Å². The minimum Gasteiger partial charge on any atom is -0.493 e. The average molecular weight is 469 g/mol. The number of benzene rings is 1. The smallest absolute Gasteiger partial charge is 0.250 e. The number of nitrogens with zero attached hydrogens (tertiary/aromatic N) is 3. The van der Waals surface area contributed by atoms with E-state index in [-0.39, 0.29) is 23.4 Å².